The SMILES string of the molecule is CCn1ncc(NC(=O)c2ccc(OCCN=C3CCCCC3=C(N)C(F)(F)F)cc2)c1C(N)=O. The second-order valence-electron chi connectivity index (χ2n) is 7.84. The van der Waals surface area contributed by atoms with Crippen LogP contribution in [0.5, 0.6) is 5.75 Å². The number of halogens is 3. The van der Waals surface area contributed by atoms with Gasteiger partial charge in [0.2, 0.25) is 0 Å². The third-order valence-corrected chi connectivity index (χ3v) is 5.47. The van der Waals surface area contributed by atoms with Crippen molar-refractivity contribution in [1.82, 2.24) is 9.78 Å². The number of carbonyl (C=O) groups excluding carboxylic acids is 2. The largest absolute Gasteiger partial charge is 0.492 e. The molecule has 1 aromatic carbocycles. The van der Waals surface area contributed by atoms with Gasteiger partial charge in [0, 0.05) is 23.4 Å². The van der Waals surface area contributed by atoms with E-state index in [1.54, 1.807) is 19.1 Å². The van der Waals surface area contributed by atoms with E-state index in [1.807, 2.05) is 0 Å². The number of aromatic nitrogens is 2. The summed E-state index contributed by atoms with van der Waals surface area (Å²) in [5, 5.41) is 6.64. The summed E-state index contributed by atoms with van der Waals surface area (Å²) in [7, 11) is 0. The number of hydrogen-bond acceptors (Lipinski definition) is 6. The van der Waals surface area contributed by atoms with Crippen molar-refractivity contribution in [2.75, 3.05) is 18.5 Å². The molecule has 1 aliphatic rings. The Balaban J connectivity index is 1.58. The van der Waals surface area contributed by atoms with Crippen LogP contribution in [0.25, 0.3) is 0 Å². The zero-order valence-electron chi connectivity index (χ0n) is 19.2. The third-order valence-electron chi connectivity index (χ3n) is 5.47. The Hall–Kier alpha value is -3.83. The van der Waals surface area contributed by atoms with Gasteiger partial charge >= 0.3 is 6.18 Å². The molecule has 9 nitrogen and oxygen atoms in total. The molecule has 3 rings (SSSR count). The van der Waals surface area contributed by atoms with Gasteiger partial charge in [-0.2, -0.15) is 18.3 Å². The Morgan fingerprint density at radius 1 is 1.17 bits per heavy atom. The van der Waals surface area contributed by atoms with Crippen molar-refractivity contribution in [2.24, 2.45) is 16.5 Å². The van der Waals surface area contributed by atoms with Gasteiger partial charge < -0.3 is 21.5 Å². The fourth-order valence-electron chi connectivity index (χ4n) is 3.74. The lowest BCUT2D eigenvalue weighted by Crippen LogP contribution is -2.26. The van der Waals surface area contributed by atoms with E-state index in [2.05, 4.69) is 15.4 Å². The van der Waals surface area contributed by atoms with Crippen molar-refractivity contribution in [1.29, 1.82) is 0 Å². The number of nitrogens with one attached hydrogen (secondary N) is 1. The lowest BCUT2D eigenvalue weighted by molar-refractivity contribution is -0.0933. The number of aliphatic imine (C=N–C) groups is 1. The van der Waals surface area contributed by atoms with E-state index in [1.165, 1.54) is 23.0 Å². The standard InChI is InChI=1S/C23H27F3N6O3/c1-2-32-19(21(28)33)18(13-30-32)31-22(34)14-7-9-15(10-8-14)35-12-11-29-17-6-4-3-5-16(17)20(27)23(24,25)26/h7-10,13H,2-6,11-12,27H2,1H3,(H2,28,33)(H,31,34). The van der Waals surface area contributed by atoms with E-state index in [9.17, 15) is 22.8 Å². The molecule has 5 N–H and O–H groups in total. The smallest absolute Gasteiger partial charge is 0.431 e. The van der Waals surface area contributed by atoms with Crippen LogP contribution in [0, 0.1) is 0 Å². The summed E-state index contributed by atoms with van der Waals surface area (Å²) < 4.78 is 45.9. The number of primary amides is 1. The first-order chi connectivity index (χ1) is 16.6. The third kappa shape index (κ3) is 6.40. The molecule has 12 heteroatoms. The molecule has 0 bridgehead atoms. The van der Waals surface area contributed by atoms with Crippen molar-refractivity contribution in [2.45, 2.75) is 45.3 Å². The fraction of sp³-hybridized carbons (Fsp3) is 0.391. The van der Waals surface area contributed by atoms with Crippen LogP contribution >= 0.6 is 0 Å². The van der Waals surface area contributed by atoms with Gasteiger partial charge in [-0.25, -0.2) is 0 Å². The van der Waals surface area contributed by atoms with E-state index in [0.717, 1.165) is 6.42 Å². The normalized spacial score (nSPS) is 16.7. The highest BCUT2D eigenvalue weighted by molar-refractivity contribution is 6.08. The summed E-state index contributed by atoms with van der Waals surface area (Å²) in [6.07, 6.45) is -1.10. The Morgan fingerprint density at radius 3 is 2.49 bits per heavy atom. The van der Waals surface area contributed by atoms with Gasteiger partial charge in [-0.3, -0.25) is 19.3 Å². The molecule has 188 valence electrons. The summed E-state index contributed by atoms with van der Waals surface area (Å²) >= 11 is 0. The van der Waals surface area contributed by atoms with Gasteiger partial charge in [-0.05, 0) is 56.9 Å². The summed E-state index contributed by atoms with van der Waals surface area (Å²) in [4.78, 5) is 28.5. The molecule has 2 aromatic rings. The highest BCUT2D eigenvalue weighted by atomic mass is 19.4. The molecule has 1 aliphatic carbocycles. The molecule has 0 aliphatic heterocycles. The number of benzene rings is 1. The molecule has 1 fully saturated rings. The highest BCUT2D eigenvalue weighted by Gasteiger charge is 2.35. The summed E-state index contributed by atoms with van der Waals surface area (Å²) in [6, 6.07) is 6.24. The second kappa shape index (κ2) is 11.1. The first kappa shape index (κ1) is 25.8. The van der Waals surface area contributed by atoms with Crippen LogP contribution in [-0.4, -0.2) is 46.6 Å². The van der Waals surface area contributed by atoms with Gasteiger partial charge in [0.05, 0.1) is 18.4 Å². The van der Waals surface area contributed by atoms with Crippen LogP contribution in [0.15, 0.2) is 46.7 Å². The number of carbonyl (C=O) groups is 2. The predicted octanol–water partition coefficient (Wildman–Crippen LogP) is 3.42. The topological polar surface area (TPSA) is 138 Å². The molecule has 1 aromatic heterocycles. The Morgan fingerprint density at radius 2 is 1.86 bits per heavy atom. The van der Waals surface area contributed by atoms with Crippen LogP contribution < -0.4 is 21.5 Å². The lowest BCUT2D eigenvalue weighted by atomic mass is 9.91. The van der Waals surface area contributed by atoms with Crippen LogP contribution in [0.1, 0.15) is 53.5 Å². The van der Waals surface area contributed by atoms with Gasteiger partial charge in [0.15, 0.2) is 0 Å². The zero-order chi connectivity index (χ0) is 25.6. The Bertz CT molecular complexity index is 1140. The average Bonchev–Trinajstić information content (AvgIpc) is 3.24. The first-order valence-electron chi connectivity index (χ1n) is 11.1. The summed E-state index contributed by atoms with van der Waals surface area (Å²) in [5.41, 5.74) is 10.7. The van der Waals surface area contributed by atoms with E-state index >= 15 is 0 Å². The van der Waals surface area contributed by atoms with Gasteiger partial charge in [0.25, 0.3) is 11.8 Å². The number of ether oxygens (including phenoxy) is 1. The number of amides is 2. The van der Waals surface area contributed by atoms with E-state index in [4.69, 9.17) is 16.2 Å². The molecule has 0 radical (unpaired) electrons. The van der Waals surface area contributed by atoms with E-state index in [0.29, 0.717) is 36.4 Å². The fourth-order valence-corrected chi connectivity index (χ4v) is 3.74. The molecule has 0 spiro atoms. The highest BCUT2D eigenvalue weighted by Crippen LogP contribution is 2.30. The molecule has 35 heavy (non-hydrogen) atoms. The van der Waals surface area contributed by atoms with Crippen LogP contribution in [0.4, 0.5) is 18.9 Å². The minimum absolute atomic E-state index is 0.0723. The number of alkyl halides is 3. The Kier molecular flexibility index (Phi) is 8.15. The van der Waals surface area contributed by atoms with Gasteiger partial charge in [-0.15, -0.1) is 0 Å². The van der Waals surface area contributed by atoms with Crippen molar-refractivity contribution in [3.8, 4) is 5.75 Å². The van der Waals surface area contributed by atoms with E-state index < -0.39 is 23.7 Å². The van der Waals surface area contributed by atoms with Gasteiger partial charge in [-0.1, -0.05) is 0 Å². The second-order valence-corrected chi connectivity index (χ2v) is 7.84. The maximum Gasteiger partial charge on any atom is 0.431 e. The number of nitrogens with two attached hydrogens (primary N) is 2. The summed E-state index contributed by atoms with van der Waals surface area (Å²) in [5.74, 6) is -0.698. The molecule has 1 saturated carbocycles. The zero-order valence-corrected chi connectivity index (χ0v) is 19.2. The van der Waals surface area contributed by atoms with Gasteiger partial charge in [0.1, 0.15) is 23.7 Å². The number of hydrogen-bond donors (Lipinski definition) is 3. The van der Waals surface area contributed by atoms with Crippen molar-refractivity contribution in [3.63, 3.8) is 0 Å². The molecule has 2 amide bonds. The van der Waals surface area contributed by atoms with E-state index in [-0.39, 0.29) is 36.5 Å². The van der Waals surface area contributed by atoms with Crippen molar-refractivity contribution >= 4 is 23.2 Å². The minimum Gasteiger partial charge on any atom is -0.492 e. The number of aryl methyl sites for hydroxylation is 1. The predicted molar refractivity (Wildman–Crippen MR) is 124 cm³/mol. The number of anilines is 1. The first-order valence-corrected chi connectivity index (χ1v) is 11.1. The Labute approximate surface area is 200 Å². The maximum absolute atomic E-state index is 13.0. The van der Waals surface area contributed by atoms with Crippen molar-refractivity contribution < 1.29 is 27.5 Å². The average molecular weight is 493 g/mol. The molecular weight excluding hydrogens is 465 g/mol. The molecular formula is C23H27F3N6O3. The minimum atomic E-state index is -4.57. The van der Waals surface area contributed by atoms with Crippen LogP contribution in [0.2, 0.25) is 0 Å². The van der Waals surface area contributed by atoms with Crippen molar-refractivity contribution in [3.05, 3.63) is 53.0 Å². The van der Waals surface area contributed by atoms with Crippen LogP contribution in [0.3, 0.4) is 0 Å². The number of rotatable bonds is 8. The quantitative estimate of drug-likeness (QED) is 0.485. The molecule has 0 saturated heterocycles. The molecule has 1 heterocycles. The monoisotopic (exact) mass is 492 g/mol. The molecule has 0 atom stereocenters. The van der Waals surface area contributed by atoms with Crippen LogP contribution in [-0.2, 0) is 6.54 Å². The maximum atomic E-state index is 13.0. The molecule has 0 unspecified atom stereocenters. The number of allylic oxidation sites excluding steroid dienone is 2. The number of nitrogens with zero attached hydrogens (tertiary/aromatic N) is 3. The summed E-state index contributed by atoms with van der Waals surface area (Å²) in [6.45, 7) is 2.52. The lowest BCUT2D eigenvalue weighted by Gasteiger charge is -2.21.